The van der Waals surface area contributed by atoms with Crippen molar-refractivity contribution in [1.29, 1.82) is 0 Å². The lowest BCUT2D eigenvalue weighted by Crippen LogP contribution is -2.34. The van der Waals surface area contributed by atoms with Crippen molar-refractivity contribution < 1.29 is 47.5 Å². The second kappa shape index (κ2) is 16.1. The molecule has 0 spiro atoms. The van der Waals surface area contributed by atoms with Gasteiger partial charge in [0.15, 0.2) is 0 Å². The highest BCUT2D eigenvalue weighted by molar-refractivity contribution is 5.80. The van der Waals surface area contributed by atoms with E-state index >= 15 is 0 Å². The maximum atomic E-state index is 12.5. The van der Waals surface area contributed by atoms with E-state index in [2.05, 4.69) is 9.97 Å². The Kier molecular flexibility index (Phi) is 12.2. The summed E-state index contributed by atoms with van der Waals surface area (Å²) in [6.45, 7) is 3.41. The van der Waals surface area contributed by atoms with Crippen molar-refractivity contribution in [3.05, 3.63) is 65.2 Å². The first-order valence-corrected chi connectivity index (χ1v) is 14.8. The van der Waals surface area contributed by atoms with E-state index in [-0.39, 0.29) is 69.2 Å². The number of hydrogen-bond acceptors (Lipinski definition) is 14. The molecule has 0 radical (unpaired) electrons. The third-order valence-corrected chi connectivity index (χ3v) is 7.56. The predicted molar refractivity (Wildman–Crippen MR) is 157 cm³/mol. The van der Waals surface area contributed by atoms with Gasteiger partial charge in [-0.1, -0.05) is 0 Å². The van der Waals surface area contributed by atoms with E-state index in [1.54, 1.807) is 0 Å². The zero-order chi connectivity index (χ0) is 34.2. The molecule has 0 saturated carbocycles. The van der Waals surface area contributed by atoms with Gasteiger partial charge in [-0.3, -0.25) is 33.5 Å². The van der Waals surface area contributed by atoms with Crippen molar-refractivity contribution in [3.8, 4) is 0 Å². The standard InChI is InChI=1S/C29H38N4O14/c1-15-9-32(28(39)30-26(15)37)22-7-18(21(46-22)12-43-24(35)6-5-17(3)34)44-14-42-11-20-19(47-25(36)13-41-4)8-23(45-20)33-10-16(2)27(38)31-29(33)40/h9-10,18-23H,5-8,11-14H2,1-4H3,(H,30,37,39)(H,31,38,40)/t18-,19-,20+,21+,22+,23+/m0/s1. The van der Waals surface area contributed by atoms with Gasteiger partial charge in [0.05, 0.1) is 19.1 Å². The topological polar surface area (TPSA) is 226 Å². The average Bonchev–Trinajstić information content (AvgIpc) is 3.60. The van der Waals surface area contributed by atoms with Crippen LogP contribution in [0.1, 0.15) is 56.2 Å². The van der Waals surface area contributed by atoms with E-state index in [0.29, 0.717) is 0 Å². The van der Waals surface area contributed by atoms with E-state index in [1.165, 1.54) is 49.4 Å². The number of hydrogen-bond donors (Lipinski definition) is 2. The van der Waals surface area contributed by atoms with Crippen molar-refractivity contribution in [3.63, 3.8) is 0 Å². The van der Waals surface area contributed by atoms with Crippen molar-refractivity contribution in [2.45, 2.75) is 83.3 Å². The predicted octanol–water partition coefficient (Wildman–Crippen LogP) is -0.891. The third-order valence-electron chi connectivity index (χ3n) is 7.56. The molecule has 0 amide bonds. The first-order chi connectivity index (χ1) is 22.4. The lowest BCUT2D eigenvalue weighted by molar-refractivity contribution is -0.166. The number of aromatic nitrogens is 4. The molecule has 2 aromatic rings. The average molecular weight is 667 g/mol. The smallest absolute Gasteiger partial charge is 0.332 e. The molecule has 2 aromatic heterocycles. The van der Waals surface area contributed by atoms with Gasteiger partial charge in [-0.25, -0.2) is 14.4 Å². The number of H-pyrrole nitrogens is 2. The fraction of sp³-hybridized carbons (Fsp3) is 0.621. The molecule has 2 fully saturated rings. The van der Waals surface area contributed by atoms with Crippen LogP contribution in [0.4, 0.5) is 0 Å². The van der Waals surface area contributed by atoms with Crippen LogP contribution in [-0.2, 0) is 47.5 Å². The summed E-state index contributed by atoms with van der Waals surface area (Å²) in [6.07, 6.45) is -2.17. The largest absolute Gasteiger partial charge is 0.463 e. The lowest BCUT2D eigenvalue weighted by atomic mass is 10.2. The highest BCUT2D eigenvalue weighted by Crippen LogP contribution is 2.32. The summed E-state index contributed by atoms with van der Waals surface area (Å²) in [5, 5.41) is 0. The molecular weight excluding hydrogens is 628 g/mol. The van der Waals surface area contributed by atoms with Gasteiger partial charge < -0.3 is 38.0 Å². The number of Topliss-reactive ketones (excluding diaryl/α,β-unsaturated/α-hetero) is 1. The van der Waals surface area contributed by atoms with Gasteiger partial charge in [0, 0.05) is 49.9 Å². The number of nitrogens with one attached hydrogen (secondary N) is 2. The molecule has 47 heavy (non-hydrogen) atoms. The molecule has 6 atom stereocenters. The summed E-state index contributed by atoms with van der Waals surface area (Å²) in [7, 11) is 1.34. The number of esters is 2. The van der Waals surface area contributed by atoms with E-state index < -0.39 is 71.3 Å². The number of aryl methyl sites for hydroxylation is 2. The van der Waals surface area contributed by atoms with Crippen LogP contribution in [0.5, 0.6) is 0 Å². The molecule has 18 nitrogen and oxygen atoms in total. The fourth-order valence-corrected chi connectivity index (χ4v) is 5.09. The number of rotatable bonds is 15. The number of ketones is 1. The minimum Gasteiger partial charge on any atom is -0.463 e. The van der Waals surface area contributed by atoms with E-state index in [9.17, 15) is 33.6 Å². The molecule has 0 unspecified atom stereocenters. The molecule has 2 saturated heterocycles. The monoisotopic (exact) mass is 666 g/mol. The Balaban J connectivity index is 1.41. The minimum atomic E-state index is -0.877. The second-order valence-electron chi connectivity index (χ2n) is 11.2. The molecule has 2 N–H and O–H groups in total. The SMILES string of the molecule is COCC(=O)O[C@H]1C[C@H](n2cc(C)c(=O)[nH]c2=O)O[C@@H]1COCO[C@H]1C[C@H](n2cc(C)c(=O)[nH]c2=O)O[C@@H]1COC(=O)CCC(C)=O. The highest BCUT2D eigenvalue weighted by atomic mass is 16.7. The molecule has 4 rings (SSSR count). The zero-order valence-corrected chi connectivity index (χ0v) is 26.4. The summed E-state index contributed by atoms with van der Waals surface area (Å²) >= 11 is 0. The fourth-order valence-electron chi connectivity index (χ4n) is 5.09. The third kappa shape index (κ3) is 9.41. The van der Waals surface area contributed by atoms with Crippen molar-refractivity contribution >= 4 is 17.7 Å². The van der Waals surface area contributed by atoms with E-state index in [4.69, 9.17) is 33.2 Å². The minimum absolute atomic E-state index is 0.0229. The van der Waals surface area contributed by atoms with Crippen LogP contribution in [0, 0.1) is 13.8 Å². The van der Waals surface area contributed by atoms with Crippen LogP contribution in [0.15, 0.2) is 31.6 Å². The van der Waals surface area contributed by atoms with Crippen LogP contribution in [0.2, 0.25) is 0 Å². The van der Waals surface area contributed by atoms with Gasteiger partial charge in [0.25, 0.3) is 11.1 Å². The summed E-state index contributed by atoms with van der Waals surface area (Å²) in [4.78, 5) is 88.6. The number of carbonyl (C=O) groups excluding carboxylic acids is 3. The lowest BCUT2D eigenvalue weighted by Gasteiger charge is -2.21. The molecule has 258 valence electrons. The van der Waals surface area contributed by atoms with Crippen molar-refractivity contribution in [2.75, 3.05) is 33.7 Å². The Hall–Kier alpha value is -4.23. The van der Waals surface area contributed by atoms with Gasteiger partial charge in [0.1, 0.15) is 56.6 Å². The Morgan fingerprint density at radius 3 is 1.94 bits per heavy atom. The molecule has 4 heterocycles. The normalized spacial score (nSPS) is 23.9. The molecule has 18 heteroatoms. The Morgan fingerprint density at radius 1 is 0.830 bits per heavy atom. The summed E-state index contributed by atoms with van der Waals surface area (Å²) < 4.78 is 41.6. The van der Waals surface area contributed by atoms with Gasteiger partial charge >= 0.3 is 23.3 Å². The number of methoxy groups -OCH3 is 1. The zero-order valence-electron chi connectivity index (χ0n) is 26.4. The van der Waals surface area contributed by atoms with Crippen LogP contribution < -0.4 is 22.5 Å². The number of aromatic amines is 2. The summed E-state index contributed by atoms with van der Waals surface area (Å²) in [5.41, 5.74) is -1.90. The van der Waals surface area contributed by atoms with Crippen LogP contribution in [-0.4, -0.2) is 95.0 Å². The van der Waals surface area contributed by atoms with Crippen molar-refractivity contribution in [2.24, 2.45) is 0 Å². The first kappa shape index (κ1) is 35.6. The Bertz CT molecular complexity index is 1680. The van der Waals surface area contributed by atoms with Crippen LogP contribution >= 0.6 is 0 Å². The van der Waals surface area contributed by atoms with Gasteiger partial charge in [-0.2, -0.15) is 0 Å². The number of nitrogens with zero attached hydrogens (tertiary/aromatic N) is 2. The quantitative estimate of drug-likeness (QED) is 0.134. The van der Waals surface area contributed by atoms with E-state index in [0.717, 1.165) is 0 Å². The molecule has 0 aliphatic carbocycles. The van der Waals surface area contributed by atoms with Crippen molar-refractivity contribution in [1.82, 2.24) is 19.1 Å². The summed E-state index contributed by atoms with van der Waals surface area (Å²) in [5.74, 6) is -1.44. The maximum absolute atomic E-state index is 12.5. The number of ether oxygens (including phenoxy) is 7. The van der Waals surface area contributed by atoms with Gasteiger partial charge in [-0.05, 0) is 20.8 Å². The molecule has 0 bridgehead atoms. The van der Waals surface area contributed by atoms with Crippen LogP contribution in [0.3, 0.4) is 0 Å². The molecule has 2 aliphatic rings. The molecule has 2 aliphatic heterocycles. The Morgan fingerprint density at radius 2 is 1.38 bits per heavy atom. The number of carbonyl (C=O) groups is 3. The van der Waals surface area contributed by atoms with E-state index in [1.807, 2.05) is 0 Å². The molecular formula is C29H38N4O14. The van der Waals surface area contributed by atoms with Gasteiger partial charge in [-0.15, -0.1) is 0 Å². The maximum Gasteiger partial charge on any atom is 0.332 e. The summed E-state index contributed by atoms with van der Waals surface area (Å²) in [6, 6.07) is 0. The Labute approximate surface area is 266 Å². The van der Waals surface area contributed by atoms with Gasteiger partial charge in [0.2, 0.25) is 0 Å². The first-order valence-electron chi connectivity index (χ1n) is 14.8. The van der Waals surface area contributed by atoms with Crippen LogP contribution in [0.25, 0.3) is 0 Å². The highest BCUT2D eigenvalue weighted by Gasteiger charge is 2.41. The molecule has 0 aromatic carbocycles. The second-order valence-corrected chi connectivity index (χ2v) is 11.2.